The minimum atomic E-state index is 0.124. The van der Waals surface area contributed by atoms with Crippen LogP contribution in [0, 0.1) is 0 Å². The maximum atomic E-state index is 12.7. The predicted molar refractivity (Wildman–Crippen MR) is 96.4 cm³/mol. The van der Waals surface area contributed by atoms with Crippen LogP contribution in [0.15, 0.2) is 59.1 Å². The van der Waals surface area contributed by atoms with Crippen LogP contribution < -0.4 is 0 Å². The number of rotatable bonds is 3. The molecule has 120 valence electrons. The monoisotopic (exact) mass is 372 g/mol. The molecule has 3 nitrogen and oxygen atoms in total. The summed E-state index contributed by atoms with van der Waals surface area (Å²) < 4.78 is 0.871. The fraction of sp³-hybridized carbons (Fsp3) is 0.316. The first-order valence-corrected chi connectivity index (χ1v) is 8.83. The van der Waals surface area contributed by atoms with Gasteiger partial charge in [0.2, 0.25) is 0 Å². The molecule has 1 amide bonds. The fourth-order valence-corrected chi connectivity index (χ4v) is 3.43. The highest BCUT2D eigenvalue weighted by molar-refractivity contribution is 9.10. The highest BCUT2D eigenvalue weighted by Crippen LogP contribution is 2.19. The number of hydrogen-bond donors (Lipinski definition) is 0. The van der Waals surface area contributed by atoms with Gasteiger partial charge in [0.05, 0.1) is 5.56 Å². The van der Waals surface area contributed by atoms with E-state index in [4.69, 9.17) is 0 Å². The zero-order valence-corrected chi connectivity index (χ0v) is 14.7. The molecule has 0 aromatic heterocycles. The summed E-state index contributed by atoms with van der Waals surface area (Å²) in [5.41, 5.74) is 2.09. The third-order valence-electron chi connectivity index (χ3n) is 4.23. The number of hydrogen-bond acceptors (Lipinski definition) is 2. The average molecular weight is 373 g/mol. The van der Waals surface area contributed by atoms with E-state index >= 15 is 0 Å². The van der Waals surface area contributed by atoms with Gasteiger partial charge in [-0.1, -0.05) is 42.5 Å². The fourth-order valence-electron chi connectivity index (χ4n) is 2.98. The zero-order chi connectivity index (χ0) is 16.1. The molecule has 0 N–H and O–H groups in total. The SMILES string of the molecule is O=C(c1ccccc1Br)N1CCCN(Cc2ccccc2)CC1. The summed E-state index contributed by atoms with van der Waals surface area (Å²) in [5.74, 6) is 0.124. The van der Waals surface area contributed by atoms with Crippen molar-refractivity contribution in [3.05, 3.63) is 70.2 Å². The quantitative estimate of drug-likeness (QED) is 0.817. The van der Waals surface area contributed by atoms with Crippen LogP contribution in [0.5, 0.6) is 0 Å². The third kappa shape index (κ3) is 4.21. The van der Waals surface area contributed by atoms with Gasteiger partial charge in [0.15, 0.2) is 0 Å². The number of nitrogens with zero attached hydrogens (tertiary/aromatic N) is 2. The van der Waals surface area contributed by atoms with Crippen LogP contribution in [-0.4, -0.2) is 41.9 Å². The molecule has 23 heavy (non-hydrogen) atoms. The Labute approximate surface area is 146 Å². The maximum absolute atomic E-state index is 12.7. The van der Waals surface area contributed by atoms with Crippen LogP contribution in [0.2, 0.25) is 0 Å². The van der Waals surface area contributed by atoms with Crippen LogP contribution in [0.4, 0.5) is 0 Å². The van der Waals surface area contributed by atoms with E-state index in [-0.39, 0.29) is 5.91 Å². The number of carbonyl (C=O) groups excluding carboxylic acids is 1. The summed E-state index contributed by atoms with van der Waals surface area (Å²) in [5, 5.41) is 0. The predicted octanol–water partition coefficient (Wildman–Crippen LogP) is 3.80. The van der Waals surface area contributed by atoms with Gasteiger partial charge in [-0.2, -0.15) is 0 Å². The Bertz CT molecular complexity index is 659. The Hall–Kier alpha value is -1.65. The molecule has 0 spiro atoms. The number of amides is 1. The highest BCUT2D eigenvalue weighted by atomic mass is 79.9. The van der Waals surface area contributed by atoms with E-state index in [1.165, 1.54) is 5.56 Å². The van der Waals surface area contributed by atoms with Gasteiger partial charge in [-0.25, -0.2) is 0 Å². The smallest absolute Gasteiger partial charge is 0.255 e. The molecule has 1 fully saturated rings. The highest BCUT2D eigenvalue weighted by Gasteiger charge is 2.21. The Morgan fingerprint density at radius 2 is 1.65 bits per heavy atom. The topological polar surface area (TPSA) is 23.6 Å². The van der Waals surface area contributed by atoms with E-state index in [0.29, 0.717) is 0 Å². The second-order valence-corrected chi connectivity index (χ2v) is 6.74. The van der Waals surface area contributed by atoms with E-state index < -0.39 is 0 Å². The van der Waals surface area contributed by atoms with Crippen molar-refractivity contribution in [3.8, 4) is 0 Å². The van der Waals surface area contributed by atoms with Gasteiger partial charge in [0.25, 0.3) is 5.91 Å². The minimum absolute atomic E-state index is 0.124. The van der Waals surface area contributed by atoms with Crippen molar-refractivity contribution >= 4 is 21.8 Å². The molecule has 1 heterocycles. The van der Waals surface area contributed by atoms with Crippen molar-refractivity contribution in [1.82, 2.24) is 9.80 Å². The van der Waals surface area contributed by atoms with E-state index in [0.717, 1.165) is 49.2 Å². The Kier molecular flexibility index (Phi) is 5.47. The number of carbonyl (C=O) groups is 1. The van der Waals surface area contributed by atoms with Crippen LogP contribution in [-0.2, 0) is 6.54 Å². The first-order chi connectivity index (χ1) is 11.2. The standard InChI is InChI=1S/C19H21BrN2O/c20-18-10-5-4-9-17(18)19(23)22-12-6-11-21(13-14-22)15-16-7-2-1-3-8-16/h1-5,7-10H,6,11-15H2. The van der Waals surface area contributed by atoms with Gasteiger partial charge in [0.1, 0.15) is 0 Å². The minimum Gasteiger partial charge on any atom is -0.337 e. The van der Waals surface area contributed by atoms with E-state index in [2.05, 4.69) is 45.1 Å². The summed E-state index contributed by atoms with van der Waals surface area (Å²) >= 11 is 3.48. The summed E-state index contributed by atoms with van der Waals surface area (Å²) in [6.07, 6.45) is 1.02. The first-order valence-electron chi connectivity index (χ1n) is 8.04. The molecule has 4 heteroatoms. The zero-order valence-electron chi connectivity index (χ0n) is 13.1. The van der Waals surface area contributed by atoms with Gasteiger partial charge < -0.3 is 4.90 Å². The van der Waals surface area contributed by atoms with Crippen LogP contribution in [0.3, 0.4) is 0 Å². The molecule has 0 bridgehead atoms. The molecule has 0 radical (unpaired) electrons. The normalized spacial score (nSPS) is 16.1. The lowest BCUT2D eigenvalue weighted by molar-refractivity contribution is 0.0760. The van der Waals surface area contributed by atoms with Crippen LogP contribution in [0.25, 0.3) is 0 Å². The van der Waals surface area contributed by atoms with Crippen LogP contribution >= 0.6 is 15.9 Å². The number of halogens is 1. The molecule has 0 unspecified atom stereocenters. The second kappa shape index (κ2) is 7.75. The van der Waals surface area contributed by atoms with Gasteiger partial charge in [-0.3, -0.25) is 9.69 Å². The summed E-state index contributed by atoms with van der Waals surface area (Å²) in [6, 6.07) is 18.2. The van der Waals surface area contributed by atoms with Crippen LogP contribution in [0.1, 0.15) is 22.3 Å². The molecule has 1 aliphatic heterocycles. The largest absolute Gasteiger partial charge is 0.337 e. The van der Waals surface area contributed by atoms with Crippen molar-refractivity contribution in [2.24, 2.45) is 0 Å². The second-order valence-electron chi connectivity index (χ2n) is 5.89. The summed E-state index contributed by atoms with van der Waals surface area (Å²) in [4.78, 5) is 17.1. The summed E-state index contributed by atoms with van der Waals surface area (Å²) in [6.45, 7) is 4.52. The average Bonchev–Trinajstić information content (AvgIpc) is 2.81. The number of benzene rings is 2. The van der Waals surface area contributed by atoms with Crippen molar-refractivity contribution in [2.45, 2.75) is 13.0 Å². The molecular formula is C19H21BrN2O. The van der Waals surface area contributed by atoms with Crippen molar-refractivity contribution < 1.29 is 4.79 Å². The third-order valence-corrected chi connectivity index (χ3v) is 4.92. The Balaban J connectivity index is 1.62. The lowest BCUT2D eigenvalue weighted by Crippen LogP contribution is -2.35. The molecule has 2 aromatic rings. The van der Waals surface area contributed by atoms with Gasteiger partial charge in [-0.15, -0.1) is 0 Å². The lowest BCUT2D eigenvalue weighted by atomic mass is 10.2. The first kappa shape index (κ1) is 16.2. The van der Waals surface area contributed by atoms with E-state index in [1.807, 2.05) is 35.2 Å². The molecule has 2 aromatic carbocycles. The van der Waals surface area contributed by atoms with E-state index in [9.17, 15) is 4.79 Å². The molecule has 1 aliphatic rings. The molecule has 0 saturated carbocycles. The van der Waals surface area contributed by atoms with Crippen molar-refractivity contribution in [1.29, 1.82) is 0 Å². The maximum Gasteiger partial charge on any atom is 0.255 e. The van der Waals surface area contributed by atoms with Gasteiger partial charge in [0, 0.05) is 37.2 Å². The van der Waals surface area contributed by atoms with Crippen molar-refractivity contribution in [3.63, 3.8) is 0 Å². The van der Waals surface area contributed by atoms with E-state index in [1.54, 1.807) is 0 Å². The molecule has 0 atom stereocenters. The molecular weight excluding hydrogens is 352 g/mol. The lowest BCUT2D eigenvalue weighted by Gasteiger charge is -2.22. The summed E-state index contributed by atoms with van der Waals surface area (Å²) in [7, 11) is 0. The molecule has 1 saturated heterocycles. The molecule has 0 aliphatic carbocycles. The Morgan fingerprint density at radius 3 is 2.43 bits per heavy atom. The Morgan fingerprint density at radius 1 is 0.913 bits per heavy atom. The van der Waals surface area contributed by atoms with Gasteiger partial charge in [-0.05, 0) is 40.0 Å². The van der Waals surface area contributed by atoms with Crippen molar-refractivity contribution in [2.75, 3.05) is 26.2 Å². The molecule has 3 rings (SSSR count). The van der Waals surface area contributed by atoms with Gasteiger partial charge >= 0.3 is 0 Å².